The molecule has 0 fully saturated rings. The molecule has 0 radical (unpaired) electrons. The minimum Gasteiger partial charge on any atom is -0.485 e. The van der Waals surface area contributed by atoms with Crippen molar-refractivity contribution in [3.05, 3.63) is 39.0 Å². The first-order valence-corrected chi connectivity index (χ1v) is 6.14. The van der Waals surface area contributed by atoms with Crippen LogP contribution in [0, 0.1) is 10.1 Å². The average Bonchev–Trinajstić information content (AvgIpc) is 2.38. The van der Waals surface area contributed by atoms with Crippen molar-refractivity contribution in [2.45, 2.75) is 6.92 Å². The highest BCUT2D eigenvalue weighted by Gasteiger charge is 2.25. The maximum atomic E-state index is 11.3. The Balaban J connectivity index is 2.33. The molecule has 1 N–H and O–H groups in total. The van der Waals surface area contributed by atoms with E-state index in [0.29, 0.717) is 5.70 Å². The van der Waals surface area contributed by atoms with E-state index in [0.717, 1.165) is 0 Å². The lowest BCUT2D eigenvalue weighted by molar-refractivity contribution is -0.384. The average molecular weight is 299 g/mol. The van der Waals surface area contributed by atoms with Crippen molar-refractivity contribution < 1.29 is 19.2 Å². The molecule has 1 aliphatic rings. The van der Waals surface area contributed by atoms with Crippen LogP contribution in [-0.2, 0) is 9.53 Å². The first kappa shape index (κ1) is 14.1. The normalized spacial score (nSPS) is 15.0. The van der Waals surface area contributed by atoms with Gasteiger partial charge < -0.3 is 14.8 Å². The van der Waals surface area contributed by atoms with Gasteiger partial charge >= 0.3 is 5.97 Å². The summed E-state index contributed by atoms with van der Waals surface area (Å²) in [5.41, 5.74) is 0.324. The summed E-state index contributed by atoms with van der Waals surface area (Å²) >= 11 is 5.79. The van der Waals surface area contributed by atoms with Gasteiger partial charge in [-0.3, -0.25) is 10.1 Å². The molecule has 7 nitrogen and oxygen atoms in total. The molecule has 0 bridgehead atoms. The molecule has 1 aromatic carbocycles. The molecule has 1 aromatic rings. The summed E-state index contributed by atoms with van der Waals surface area (Å²) in [5.74, 6) is -0.274. The Morgan fingerprint density at radius 1 is 1.65 bits per heavy atom. The first-order chi connectivity index (χ1) is 9.51. The number of carbonyl (C=O) groups is 1. The number of halogens is 1. The topological polar surface area (TPSA) is 90.7 Å². The highest BCUT2D eigenvalue weighted by molar-refractivity contribution is 6.31. The van der Waals surface area contributed by atoms with Gasteiger partial charge in [0, 0.05) is 18.2 Å². The van der Waals surface area contributed by atoms with Gasteiger partial charge in [0.2, 0.25) is 0 Å². The van der Waals surface area contributed by atoms with Crippen molar-refractivity contribution >= 4 is 28.9 Å². The van der Waals surface area contributed by atoms with Crippen molar-refractivity contribution in [3.8, 4) is 5.75 Å². The largest absolute Gasteiger partial charge is 0.485 e. The van der Waals surface area contributed by atoms with E-state index in [1.807, 2.05) is 0 Å². The number of carbonyl (C=O) groups excluding carboxylic acids is 1. The van der Waals surface area contributed by atoms with Gasteiger partial charge in [0.15, 0.2) is 11.4 Å². The van der Waals surface area contributed by atoms with Gasteiger partial charge in [-0.2, -0.15) is 0 Å². The van der Waals surface area contributed by atoms with Crippen LogP contribution in [-0.4, -0.2) is 24.1 Å². The number of hydrogen-bond acceptors (Lipinski definition) is 6. The van der Waals surface area contributed by atoms with Gasteiger partial charge in [-0.05, 0) is 6.92 Å². The molecule has 1 heterocycles. The molecular weight excluding hydrogens is 288 g/mol. The van der Waals surface area contributed by atoms with Crippen LogP contribution in [0.3, 0.4) is 0 Å². The summed E-state index contributed by atoms with van der Waals surface area (Å²) < 4.78 is 10.1. The standard InChI is InChI=1S/C12H11ClN2O5/c1-2-19-11(16)5-8-6-20-10-4-7(13)3-9(15(17)18)12(10)14-8/h3-5,14H,2,6H2,1H3. The second-order valence-electron chi connectivity index (χ2n) is 3.89. The summed E-state index contributed by atoms with van der Waals surface area (Å²) in [4.78, 5) is 21.8. The number of nitrogens with one attached hydrogen (secondary N) is 1. The molecule has 0 saturated carbocycles. The molecule has 1 aliphatic heterocycles. The van der Waals surface area contributed by atoms with Gasteiger partial charge in [-0.15, -0.1) is 0 Å². The number of esters is 1. The Morgan fingerprint density at radius 3 is 3.05 bits per heavy atom. The number of nitro groups is 1. The number of nitro benzene ring substituents is 1. The van der Waals surface area contributed by atoms with Gasteiger partial charge in [-0.1, -0.05) is 11.6 Å². The summed E-state index contributed by atoms with van der Waals surface area (Å²) in [6.07, 6.45) is 1.20. The fraction of sp³-hybridized carbons (Fsp3) is 0.250. The van der Waals surface area contributed by atoms with Crippen molar-refractivity contribution in [3.63, 3.8) is 0 Å². The summed E-state index contributed by atoms with van der Waals surface area (Å²) in [6.45, 7) is 2.00. The van der Waals surface area contributed by atoms with Gasteiger partial charge in [-0.25, -0.2) is 4.79 Å². The molecule has 8 heteroatoms. The monoisotopic (exact) mass is 298 g/mol. The molecule has 0 amide bonds. The quantitative estimate of drug-likeness (QED) is 0.399. The summed E-state index contributed by atoms with van der Waals surface area (Å²) in [5, 5.41) is 14.0. The molecule has 0 saturated heterocycles. The Bertz CT molecular complexity index is 600. The number of nitrogens with zero attached hydrogens (tertiary/aromatic N) is 1. The first-order valence-electron chi connectivity index (χ1n) is 5.76. The minimum absolute atomic E-state index is 0.0727. The Labute approximate surface area is 119 Å². The summed E-state index contributed by atoms with van der Waals surface area (Å²) in [7, 11) is 0. The van der Waals surface area contributed by atoms with Crippen molar-refractivity contribution in [2.24, 2.45) is 0 Å². The second kappa shape index (κ2) is 5.79. The van der Waals surface area contributed by atoms with Gasteiger partial charge in [0.25, 0.3) is 5.69 Å². The van der Waals surface area contributed by atoms with Crippen LogP contribution < -0.4 is 10.1 Å². The van der Waals surface area contributed by atoms with E-state index in [1.54, 1.807) is 6.92 Å². The van der Waals surface area contributed by atoms with E-state index < -0.39 is 10.9 Å². The predicted octanol–water partition coefficient (Wildman–Crippen LogP) is 2.50. The molecular formula is C12H11ClN2O5. The van der Waals surface area contributed by atoms with Gasteiger partial charge in [0.1, 0.15) is 6.61 Å². The Kier molecular flexibility index (Phi) is 4.09. The van der Waals surface area contributed by atoms with Crippen LogP contribution in [0.25, 0.3) is 0 Å². The van der Waals surface area contributed by atoms with Crippen LogP contribution in [0.15, 0.2) is 23.9 Å². The SMILES string of the molecule is CCOC(=O)C=C1COc2cc(Cl)cc([N+](=O)[O-])c2N1. The second-order valence-corrected chi connectivity index (χ2v) is 4.33. The van der Waals surface area contributed by atoms with Crippen LogP contribution >= 0.6 is 11.6 Å². The Hall–Kier alpha value is -2.28. The van der Waals surface area contributed by atoms with E-state index in [-0.39, 0.29) is 35.4 Å². The number of fused-ring (bicyclic) bond motifs is 1. The van der Waals surface area contributed by atoms with Crippen molar-refractivity contribution in [2.75, 3.05) is 18.5 Å². The number of rotatable bonds is 3. The smallest absolute Gasteiger partial charge is 0.332 e. The van der Waals surface area contributed by atoms with Gasteiger partial charge in [0.05, 0.1) is 22.2 Å². The number of benzene rings is 1. The zero-order valence-electron chi connectivity index (χ0n) is 10.5. The van der Waals surface area contributed by atoms with E-state index in [2.05, 4.69) is 5.32 Å². The van der Waals surface area contributed by atoms with E-state index in [9.17, 15) is 14.9 Å². The molecule has 0 unspecified atom stereocenters. The maximum absolute atomic E-state index is 11.3. The molecule has 0 spiro atoms. The molecule has 106 valence electrons. The lowest BCUT2D eigenvalue weighted by Crippen LogP contribution is -2.19. The van der Waals surface area contributed by atoms with E-state index in [1.165, 1.54) is 18.2 Å². The zero-order chi connectivity index (χ0) is 14.7. The third-order valence-corrected chi connectivity index (χ3v) is 2.71. The maximum Gasteiger partial charge on any atom is 0.332 e. The Morgan fingerprint density at radius 2 is 2.40 bits per heavy atom. The van der Waals surface area contributed by atoms with Crippen LogP contribution in [0.5, 0.6) is 5.75 Å². The van der Waals surface area contributed by atoms with Crippen LogP contribution in [0.4, 0.5) is 11.4 Å². The molecule has 2 rings (SSSR count). The third-order valence-electron chi connectivity index (χ3n) is 2.49. The lowest BCUT2D eigenvalue weighted by atomic mass is 10.2. The molecule has 0 aliphatic carbocycles. The minimum atomic E-state index is -0.575. The van der Waals surface area contributed by atoms with Crippen molar-refractivity contribution in [1.82, 2.24) is 0 Å². The zero-order valence-corrected chi connectivity index (χ0v) is 11.3. The molecule has 20 heavy (non-hydrogen) atoms. The number of hydrogen-bond donors (Lipinski definition) is 1. The van der Waals surface area contributed by atoms with E-state index >= 15 is 0 Å². The number of ether oxygens (including phenoxy) is 2. The highest BCUT2D eigenvalue weighted by Crippen LogP contribution is 2.40. The third kappa shape index (κ3) is 3.00. The fourth-order valence-corrected chi connectivity index (χ4v) is 1.91. The van der Waals surface area contributed by atoms with Crippen LogP contribution in [0.2, 0.25) is 5.02 Å². The number of anilines is 1. The van der Waals surface area contributed by atoms with E-state index in [4.69, 9.17) is 21.1 Å². The summed E-state index contributed by atoms with van der Waals surface area (Å²) in [6, 6.07) is 2.68. The molecule has 0 atom stereocenters. The van der Waals surface area contributed by atoms with Crippen molar-refractivity contribution in [1.29, 1.82) is 0 Å². The van der Waals surface area contributed by atoms with Crippen LogP contribution in [0.1, 0.15) is 6.92 Å². The predicted molar refractivity (Wildman–Crippen MR) is 71.9 cm³/mol. The molecule has 0 aromatic heterocycles. The lowest BCUT2D eigenvalue weighted by Gasteiger charge is -2.21. The highest BCUT2D eigenvalue weighted by atomic mass is 35.5. The fourth-order valence-electron chi connectivity index (χ4n) is 1.71.